The summed E-state index contributed by atoms with van der Waals surface area (Å²) in [5.41, 5.74) is 13.7. The van der Waals surface area contributed by atoms with Crippen LogP contribution in [0.4, 0.5) is 10.6 Å². The maximum atomic E-state index is 11.6. The maximum Gasteiger partial charge on any atom is 0.317 e. The highest BCUT2D eigenvalue weighted by Crippen LogP contribution is 2.39. The van der Waals surface area contributed by atoms with Crippen LogP contribution in [0.15, 0.2) is 24.3 Å². The van der Waals surface area contributed by atoms with Crippen molar-refractivity contribution < 1.29 is 9.59 Å². The summed E-state index contributed by atoms with van der Waals surface area (Å²) in [5, 5.41) is 3.57. The minimum absolute atomic E-state index is 0.201. The van der Waals surface area contributed by atoms with Crippen LogP contribution in [0.3, 0.4) is 0 Å². The molecular weight excluding hydrogens is 312 g/mol. The van der Waals surface area contributed by atoms with E-state index in [4.69, 9.17) is 11.5 Å². The molecule has 2 heterocycles. The molecule has 3 rings (SSSR count). The number of urea groups is 1. The number of carbonyl (C=O) groups excluding carboxylic acids is 2. The smallest absolute Gasteiger partial charge is 0.317 e. The molecular formula is C16H16N4O2S. The maximum absolute atomic E-state index is 11.6. The number of aromatic nitrogens is 1. The van der Waals surface area contributed by atoms with Crippen LogP contribution in [-0.4, -0.2) is 16.9 Å². The number of thiophene rings is 1. The zero-order chi connectivity index (χ0) is 16.7. The van der Waals surface area contributed by atoms with Crippen LogP contribution >= 0.6 is 11.3 Å². The van der Waals surface area contributed by atoms with E-state index in [2.05, 4.69) is 28.5 Å². The Morgan fingerprint density at radius 3 is 2.57 bits per heavy atom. The van der Waals surface area contributed by atoms with Gasteiger partial charge >= 0.3 is 6.03 Å². The van der Waals surface area contributed by atoms with E-state index >= 15 is 0 Å². The van der Waals surface area contributed by atoms with E-state index in [0.29, 0.717) is 0 Å². The van der Waals surface area contributed by atoms with Gasteiger partial charge in [-0.15, -0.1) is 11.3 Å². The highest BCUT2D eigenvalue weighted by molar-refractivity contribution is 7.22. The molecule has 0 saturated heterocycles. The Labute approximate surface area is 136 Å². The lowest BCUT2D eigenvalue weighted by Crippen LogP contribution is -2.22. The fraction of sp³-hybridized carbons (Fsp3) is 0.125. The van der Waals surface area contributed by atoms with E-state index in [1.54, 1.807) is 17.4 Å². The van der Waals surface area contributed by atoms with Crippen molar-refractivity contribution in [3.05, 3.63) is 41.0 Å². The van der Waals surface area contributed by atoms with Crippen LogP contribution in [0.1, 0.15) is 21.5 Å². The second-order valence-corrected chi connectivity index (χ2v) is 6.43. The third-order valence-electron chi connectivity index (χ3n) is 3.67. The molecule has 0 spiro atoms. The van der Waals surface area contributed by atoms with Crippen LogP contribution in [0, 0.1) is 13.8 Å². The van der Waals surface area contributed by atoms with Gasteiger partial charge in [0.15, 0.2) is 0 Å². The van der Waals surface area contributed by atoms with Gasteiger partial charge in [0.2, 0.25) is 0 Å². The molecule has 0 aliphatic carbocycles. The predicted octanol–water partition coefficient (Wildman–Crippen LogP) is 3.10. The second-order valence-electron chi connectivity index (χ2n) is 5.38. The van der Waals surface area contributed by atoms with Crippen LogP contribution in [-0.2, 0) is 0 Å². The Hall–Kier alpha value is -2.80. The molecule has 3 amide bonds. The molecule has 23 heavy (non-hydrogen) atoms. The summed E-state index contributed by atoms with van der Waals surface area (Å²) in [4.78, 5) is 26.7. The molecule has 2 aromatic heterocycles. The van der Waals surface area contributed by atoms with Gasteiger partial charge in [-0.3, -0.25) is 10.1 Å². The molecule has 0 fully saturated rings. The zero-order valence-corrected chi connectivity index (χ0v) is 13.5. The quantitative estimate of drug-likeness (QED) is 0.592. The lowest BCUT2D eigenvalue weighted by atomic mass is 10.1. The Morgan fingerprint density at radius 2 is 1.91 bits per heavy atom. The monoisotopic (exact) mass is 328 g/mol. The van der Waals surface area contributed by atoms with Crippen LogP contribution in [0.25, 0.3) is 20.7 Å². The Balaban J connectivity index is 2.17. The summed E-state index contributed by atoms with van der Waals surface area (Å²) >= 11 is 1.61. The van der Waals surface area contributed by atoms with Gasteiger partial charge in [-0.1, -0.05) is 17.7 Å². The normalized spacial score (nSPS) is 10.9. The molecule has 0 unspecified atom stereocenters. The number of hydrogen-bond acceptors (Lipinski definition) is 3. The number of aromatic amines is 1. The first-order valence-electron chi connectivity index (χ1n) is 6.96. The van der Waals surface area contributed by atoms with E-state index in [0.717, 1.165) is 20.8 Å². The van der Waals surface area contributed by atoms with Gasteiger partial charge in [0.05, 0.1) is 16.1 Å². The summed E-state index contributed by atoms with van der Waals surface area (Å²) in [5.74, 6) is -0.418. The van der Waals surface area contributed by atoms with E-state index in [-0.39, 0.29) is 11.4 Å². The van der Waals surface area contributed by atoms with Gasteiger partial charge in [0.1, 0.15) is 5.82 Å². The average Bonchev–Trinajstić information content (AvgIpc) is 3.01. The van der Waals surface area contributed by atoms with Crippen molar-refractivity contribution >= 4 is 39.2 Å². The van der Waals surface area contributed by atoms with Crippen LogP contribution in [0.5, 0.6) is 0 Å². The molecule has 6 N–H and O–H groups in total. The van der Waals surface area contributed by atoms with Crippen molar-refractivity contribution in [1.29, 1.82) is 0 Å². The van der Waals surface area contributed by atoms with Gasteiger partial charge in [-0.2, -0.15) is 0 Å². The molecule has 0 bridgehead atoms. The number of nitrogens with two attached hydrogens (primary N) is 2. The van der Waals surface area contributed by atoms with Crippen molar-refractivity contribution in [2.24, 2.45) is 11.5 Å². The third-order valence-corrected chi connectivity index (χ3v) is 4.97. The van der Waals surface area contributed by atoms with E-state index in [1.165, 1.54) is 10.9 Å². The van der Waals surface area contributed by atoms with Crippen LogP contribution in [0.2, 0.25) is 0 Å². The molecule has 0 aliphatic heterocycles. The largest absolute Gasteiger partial charge is 0.365 e. The number of fused-ring (bicyclic) bond motifs is 1. The number of rotatable bonds is 3. The molecule has 118 valence electrons. The first kappa shape index (κ1) is 15.1. The molecule has 1 aromatic carbocycles. The molecule has 3 aromatic rings. The summed E-state index contributed by atoms with van der Waals surface area (Å²) < 4.78 is 1.16. The minimum atomic E-state index is -0.760. The summed E-state index contributed by atoms with van der Waals surface area (Å²) in [7, 11) is 0. The van der Waals surface area contributed by atoms with E-state index in [9.17, 15) is 9.59 Å². The van der Waals surface area contributed by atoms with Gasteiger partial charge in [0, 0.05) is 4.70 Å². The van der Waals surface area contributed by atoms with Crippen LogP contribution < -0.4 is 16.8 Å². The summed E-state index contributed by atoms with van der Waals surface area (Å²) in [6, 6.07) is 7.14. The number of carbonyl (C=O) groups is 2. The lowest BCUT2D eigenvalue weighted by Gasteiger charge is -2.00. The fourth-order valence-electron chi connectivity index (χ4n) is 2.58. The lowest BCUT2D eigenvalue weighted by molar-refractivity contribution is 0.100. The number of benzene rings is 1. The second kappa shape index (κ2) is 5.44. The molecule has 0 saturated carbocycles. The molecule has 0 atom stereocenters. The minimum Gasteiger partial charge on any atom is -0.365 e. The molecule has 7 heteroatoms. The van der Waals surface area contributed by atoms with E-state index in [1.807, 2.05) is 13.8 Å². The highest BCUT2D eigenvalue weighted by atomic mass is 32.1. The molecule has 0 aliphatic rings. The van der Waals surface area contributed by atoms with E-state index < -0.39 is 11.9 Å². The first-order chi connectivity index (χ1) is 10.9. The van der Waals surface area contributed by atoms with Crippen molar-refractivity contribution in [2.45, 2.75) is 13.8 Å². The predicted molar refractivity (Wildman–Crippen MR) is 92.8 cm³/mol. The molecule has 0 radical (unpaired) electrons. The Bertz CT molecular complexity index is 939. The average molecular weight is 328 g/mol. The zero-order valence-electron chi connectivity index (χ0n) is 12.7. The number of aryl methyl sites for hydroxylation is 2. The number of hydrogen-bond donors (Lipinski definition) is 4. The molecule has 6 nitrogen and oxygen atoms in total. The Kier molecular flexibility index (Phi) is 3.57. The van der Waals surface area contributed by atoms with Crippen molar-refractivity contribution in [3.8, 4) is 10.6 Å². The van der Waals surface area contributed by atoms with Crippen molar-refractivity contribution in [2.75, 3.05) is 5.32 Å². The Morgan fingerprint density at radius 1 is 1.17 bits per heavy atom. The number of anilines is 1. The standard InChI is InChI=1S/C16H16N4O2S/c1-7-3-4-12-9(5-7)8(2)13(23-12)11-6-10(14(17)21)15(19-11)20-16(18)22/h3-6,19H,1-2H3,(H2,17,21)(H3,18,20,22). The number of amides is 3. The summed E-state index contributed by atoms with van der Waals surface area (Å²) in [6.45, 7) is 4.07. The summed E-state index contributed by atoms with van der Waals surface area (Å²) in [6.07, 6.45) is 0. The van der Waals surface area contributed by atoms with Crippen molar-refractivity contribution in [3.63, 3.8) is 0 Å². The SMILES string of the molecule is Cc1ccc2sc(-c3cc(C(N)=O)c(NC(N)=O)[nH]3)c(C)c2c1. The van der Waals surface area contributed by atoms with Gasteiger partial charge in [-0.25, -0.2) is 4.79 Å². The first-order valence-corrected chi connectivity index (χ1v) is 7.78. The highest BCUT2D eigenvalue weighted by Gasteiger charge is 2.18. The topological polar surface area (TPSA) is 114 Å². The van der Waals surface area contributed by atoms with Gasteiger partial charge in [0.25, 0.3) is 5.91 Å². The van der Waals surface area contributed by atoms with Crippen molar-refractivity contribution in [1.82, 2.24) is 4.98 Å². The number of primary amides is 2. The van der Waals surface area contributed by atoms with Gasteiger partial charge < -0.3 is 16.5 Å². The number of H-pyrrole nitrogens is 1. The number of nitrogens with one attached hydrogen (secondary N) is 2. The third kappa shape index (κ3) is 2.66. The van der Waals surface area contributed by atoms with Gasteiger partial charge in [-0.05, 0) is 36.9 Å². The fourth-order valence-corrected chi connectivity index (χ4v) is 3.75.